The highest BCUT2D eigenvalue weighted by molar-refractivity contribution is 7.89. The average molecular weight is 285 g/mol. The van der Waals surface area contributed by atoms with E-state index < -0.39 is 10.0 Å². The molecule has 0 radical (unpaired) electrons. The summed E-state index contributed by atoms with van der Waals surface area (Å²) in [6.45, 7) is 7.88. The molecule has 1 saturated carbocycles. The van der Waals surface area contributed by atoms with Gasteiger partial charge < -0.3 is 0 Å². The van der Waals surface area contributed by atoms with Crippen LogP contribution in [0.4, 0.5) is 0 Å². The Labute approximate surface area is 115 Å². The molecule has 2 rings (SSSR count). The normalized spacial score (nSPS) is 28.5. The van der Waals surface area contributed by atoms with E-state index in [1.807, 2.05) is 0 Å². The number of aryl methyl sites for hydroxylation is 2. The van der Waals surface area contributed by atoms with Crippen LogP contribution in [-0.4, -0.2) is 24.7 Å². The Balaban J connectivity index is 2.15. The number of aromatic nitrogens is 2. The average Bonchev–Trinajstić information content (AvgIpc) is 2.64. The van der Waals surface area contributed by atoms with Gasteiger partial charge in [-0.15, -0.1) is 0 Å². The summed E-state index contributed by atoms with van der Waals surface area (Å²) in [5.74, 6) is 1.24. The van der Waals surface area contributed by atoms with E-state index in [4.69, 9.17) is 0 Å². The van der Waals surface area contributed by atoms with Gasteiger partial charge in [-0.25, -0.2) is 13.1 Å². The van der Waals surface area contributed by atoms with Crippen LogP contribution in [0.1, 0.15) is 44.5 Å². The largest absolute Gasteiger partial charge is 0.281 e. The lowest BCUT2D eigenvalue weighted by atomic mass is 9.79. The standard InChI is InChI=1S/C13H23N3O2S/c1-8-5-6-12(7-9(8)2)16-19(17,18)13-10(3)14-15-11(13)4/h8-9,12,16H,5-7H2,1-4H3,(H,14,15). The monoisotopic (exact) mass is 285 g/mol. The van der Waals surface area contributed by atoms with Gasteiger partial charge in [0.05, 0.1) is 11.4 Å². The van der Waals surface area contributed by atoms with Crippen LogP contribution >= 0.6 is 0 Å². The van der Waals surface area contributed by atoms with Crippen LogP contribution < -0.4 is 4.72 Å². The molecule has 2 N–H and O–H groups in total. The van der Waals surface area contributed by atoms with Crippen LogP contribution in [0.15, 0.2) is 4.90 Å². The minimum absolute atomic E-state index is 0.0462. The van der Waals surface area contributed by atoms with Crippen molar-refractivity contribution in [2.24, 2.45) is 11.8 Å². The van der Waals surface area contributed by atoms with Crippen molar-refractivity contribution in [2.45, 2.75) is 57.9 Å². The maximum atomic E-state index is 12.4. The van der Waals surface area contributed by atoms with E-state index in [1.54, 1.807) is 13.8 Å². The first-order valence-electron chi connectivity index (χ1n) is 6.85. The number of rotatable bonds is 3. The van der Waals surface area contributed by atoms with E-state index in [1.165, 1.54) is 0 Å². The van der Waals surface area contributed by atoms with Gasteiger partial charge in [0, 0.05) is 6.04 Å². The molecule has 19 heavy (non-hydrogen) atoms. The molecular formula is C13H23N3O2S. The lowest BCUT2D eigenvalue weighted by Crippen LogP contribution is -2.40. The molecule has 5 nitrogen and oxygen atoms in total. The summed E-state index contributed by atoms with van der Waals surface area (Å²) in [4.78, 5) is 0.304. The van der Waals surface area contributed by atoms with Gasteiger partial charge in [-0.2, -0.15) is 5.10 Å². The van der Waals surface area contributed by atoms with E-state index in [2.05, 4.69) is 28.8 Å². The molecule has 6 heteroatoms. The Bertz CT molecular complexity index is 531. The molecule has 108 valence electrons. The predicted octanol–water partition coefficient (Wildman–Crippen LogP) is 2.13. The van der Waals surface area contributed by atoms with E-state index in [9.17, 15) is 8.42 Å². The van der Waals surface area contributed by atoms with Crippen LogP contribution in [0, 0.1) is 25.7 Å². The summed E-state index contributed by atoms with van der Waals surface area (Å²) in [6, 6.07) is 0.0462. The molecule has 1 aliphatic rings. The van der Waals surface area contributed by atoms with Gasteiger partial charge in [-0.3, -0.25) is 5.10 Å². The zero-order valence-corrected chi connectivity index (χ0v) is 12.8. The van der Waals surface area contributed by atoms with Crippen molar-refractivity contribution >= 4 is 10.0 Å². The van der Waals surface area contributed by atoms with Gasteiger partial charge in [0.15, 0.2) is 0 Å². The number of hydrogen-bond acceptors (Lipinski definition) is 3. The van der Waals surface area contributed by atoms with Crippen molar-refractivity contribution in [1.29, 1.82) is 0 Å². The van der Waals surface area contributed by atoms with Gasteiger partial charge in [0.25, 0.3) is 0 Å². The molecule has 1 fully saturated rings. The zero-order chi connectivity index (χ0) is 14.2. The quantitative estimate of drug-likeness (QED) is 0.893. The lowest BCUT2D eigenvalue weighted by molar-refractivity contribution is 0.242. The summed E-state index contributed by atoms with van der Waals surface area (Å²) >= 11 is 0. The molecule has 1 aliphatic carbocycles. The third-order valence-corrected chi connectivity index (χ3v) is 6.03. The highest BCUT2D eigenvalue weighted by Crippen LogP contribution is 2.30. The Hall–Kier alpha value is -0.880. The van der Waals surface area contributed by atoms with Crippen molar-refractivity contribution in [3.05, 3.63) is 11.4 Å². The van der Waals surface area contributed by atoms with Crippen LogP contribution in [0.3, 0.4) is 0 Å². The van der Waals surface area contributed by atoms with Gasteiger partial charge in [0.1, 0.15) is 4.90 Å². The highest BCUT2D eigenvalue weighted by Gasteiger charge is 2.30. The molecule has 1 aromatic heterocycles. The first kappa shape index (κ1) is 14.5. The summed E-state index contributed by atoms with van der Waals surface area (Å²) in [5, 5.41) is 6.69. The van der Waals surface area contributed by atoms with Gasteiger partial charge >= 0.3 is 0 Å². The molecule has 1 aromatic rings. The Morgan fingerprint density at radius 2 is 1.89 bits per heavy atom. The topological polar surface area (TPSA) is 74.8 Å². The van der Waals surface area contributed by atoms with E-state index >= 15 is 0 Å². The summed E-state index contributed by atoms with van der Waals surface area (Å²) in [5.41, 5.74) is 1.13. The van der Waals surface area contributed by atoms with Gasteiger partial charge in [-0.05, 0) is 44.9 Å². The smallest absolute Gasteiger partial charge is 0.244 e. The number of nitrogens with one attached hydrogen (secondary N) is 2. The number of aromatic amines is 1. The van der Waals surface area contributed by atoms with E-state index in [0.29, 0.717) is 28.1 Å². The number of sulfonamides is 1. The molecule has 0 aliphatic heterocycles. The van der Waals surface area contributed by atoms with Crippen molar-refractivity contribution in [1.82, 2.24) is 14.9 Å². The van der Waals surface area contributed by atoms with Gasteiger partial charge in [0.2, 0.25) is 10.0 Å². The SMILES string of the molecule is Cc1n[nH]c(C)c1S(=O)(=O)NC1CCC(C)C(C)C1. The highest BCUT2D eigenvalue weighted by atomic mass is 32.2. The molecule has 0 aromatic carbocycles. The number of hydrogen-bond donors (Lipinski definition) is 2. The van der Waals surface area contributed by atoms with Crippen LogP contribution in [0.2, 0.25) is 0 Å². The summed E-state index contributed by atoms with van der Waals surface area (Å²) < 4.78 is 27.7. The Kier molecular flexibility index (Phi) is 4.01. The number of nitrogens with zero attached hydrogens (tertiary/aromatic N) is 1. The van der Waals surface area contributed by atoms with Crippen molar-refractivity contribution in [2.75, 3.05) is 0 Å². The Morgan fingerprint density at radius 1 is 1.21 bits per heavy atom. The van der Waals surface area contributed by atoms with Crippen molar-refractivity contribution < 1.29 is 8.42 Å². The van der Waals surface area contributed by atoms with Gasteiger partial charge in [-0.1, -0.05) is 13.8 Å². The first-order chi connectivity index (χ1) is 8.81. The second-order valence-corrected chi connectivity index (χ2v) is 7.50. The molecule has 0 bridgehead atoms. The predicted molar refractivity (Wildman–Crippen MR) is 74.4 cm³/mol. The van der Waals surface area contributed by atoms with Crippen LogP contribution in [-0.2, 0) is 10.0 Å². The fourth-order valence-electron chi connectivity index (χ4n) is 2.87. The van der Waals surface area contributed by atoms with Crippen LogP contribution in [0.25, 0.3) is 0 Å². The lowest BCUT2D eigenvalue weighted by Gasteiger charge is -2.32. The first-order valence-corrected chi connectivity index (χ1v) is 8.33. The molecule has 0 saturated heterocycles. The fourth-order valence-corrected chi connectivity index (χ4v) is 4.52. The summed E-state index contributed by atoms with van der Waals surface area (Å²) in [6.07, 6.45) is 2.91. The van der Waals surface area contributed by atoms with E-state index in [-0.39, 0.29) is 6.04 Å². The third kappa shape index (κ3) is 3.00. The fraction of sp³-hybridized carbons (Fsp3) is 0.769. The second-order valence-electron chi connectivity index (χ2n) is 5.85. The van der Waals surface area contributed by atoms with Crippen molar-refractivity contribution in [3.63, 3.8) is 0 Å². The molecule has 3 atom stereocenters. The van der Waals surface area contributed by atoms with E-state index in [0.717, 1.165) is 19.3 Å². The maximum Gasteiger partial charge on any atom is 0.244 e. The minimum atomic E-state index is -3.46. The minimum Gasteiger partial charge on any atom is -0.281 e. The molecule has 3 unspecified atom stereocenters. The molecule has 1 heterocycles. The van der Waals surface area contributed by atoms with Crippen molar-refractivity contribution in [3.8, 4) is 0 Å². The zero-order valence-electron chi connectivity index (χ0n) is 12.0. The third-order valence-electron chi connectivity index (χ3n) is 4.25. The number of H-pyrrole nitrogens is 1. The molecular weight excluding hydrogens is 262 g/mol. The van der Waals surface area contributed by atoms with Crippen LogP contribution in [0.5, 0.6) is 0 Å². The molecule has 0 amide bonds. The Morgan fingerprint density at radius 3 is 2.42 bits per heavy atom. The second kappa shape index (κ2) is 5.25. The maximum absolute atomic E-state index is 12.4. The molecule has 0 spiro atoms. The summed E-state index contributed by atoms with van der Waals surface area (Å²) in [7, 11) is -3.46.